The molecule has 15 heteroatoms. The smallest absolute Gasteiger partial charge is 0.368 e. The zero-order valence-electron chi connectivity index (χ0n) is 23.6. The third kappa shape index (κ3) is 8.40. The molecule has 2 heterocycles. The van der Waals surface area contributed by atoms with E-state index in [-0.39, 0.29) is 28.2 Å². The molecule has 3 aromatic rings. The maximum Gasteiger partial charge on any atom is 0.405 e. The normalized spacial score (nSPS) is 15.0. The minimum atomic E-state index is -4.65. The van der Waals surface area contributed by atoms with E-state index in [1.54, 1.807) is 42.6 Å². The highest BCUT2D eigenvalue weighted by Gasteiger charge is 2.29. The fraction of sp³-hybridized carbons (Fsp3) is 0.310. The van der Waals surface area contributed by atoms with Gasteiger partial charge in [-0.3, -0.25) is 23.9 Å². The Bertz CT molecular complexity index is 1740. The number of benzene rings is 2. The topological polar surface area (TPSA) is 122 Å². The van der Waals surface area contributed by atoms with Crippen molar-refractivity contribution >= 4 is 63.6 Å². The second-order valence-corrected chi connectivity index (χ2v) is 11.2. The summed E-state index contributed by atoms with van der Waals surface area (Å²) in [5.41, 5.74) is 0.938. The molecule has 44 heavy (non-hydrogen) atoms. The lowest BCUT2D eigenvalue weighted by Crippen LogP contribution is -2.48. The molecule has 0 aliphatic carbocycles. The van der Waals surface area contributed by atoms with Crippen molar-refractivity contribution in [3.8, 4) is 6.07 Å². The van der Waals surface area contributed by atoms with Crippen LogP contribution in [0.25, 0.3) is 11.8 Å². The number of rotatable bonds is 9. The fourth-order valence-electron chi connectivity index (χ4n) is 4.55. The van der Waals surface area contributed by atoms with Crippen molar-refractivity contribution in [1.82, 2.24) is 14.8 Å². The first-order valence-electron chi connectivity index (χ1n) is 13.6. The van der Waals surface area contributed by atoms with E-state index in [2.05, 4.69) is 20.4 Å². The first-order valence-corrected chi connectivity index (χ1v) is 14.8. The van der Waals surface area contributed by atoms with Crippen LogP contribution in [0.1, 0.15) is 6.92 Å². The summed E-state index contributed by atoms with van der Waals surface area (Å²) < 4.78 is 38.8. The van der Waals surface area contributed by atoms with Gasteiger partial charge < -0.3 is 20.9 Å². The largest absolute Gasteiger partial charge is 0.405 e. The van der Waals surface area contributed by atoms with Crippen LogP contribution in [0.4, 0.5) is 30.2 Å². The number of hydrogen-bond acceptors (Lipinski definition) is 8. The van der Waals surface area contributed by atoms with E-state index < -0.39 is 29.8 Å². The highest BCUT2D eigenvalue weighted by Crippen LogP contribution is 2.26. The Balaban J connectivity index is 1.41. The minimum Gasteiger partial charge on any atom is -0.368 e. The molecule has 4 rings (SSSR count). The van der Waals surface area contributed by atoms with Crippen LogP contribution in [0, 0.1) is 11.3 Å². The lowest BCUT2D eigenvalue weighted by molar-refractivity contribution is -0.135. The van der Waals surface area contributed by atoms with Gasteiger partial charge in [-0.25, -0.2) is 0 Å². The molecule has 0 spiro atoms. The van der Waals surface area contributed by atoms with Gasteiger partial charge in [0, 0.05) is 50.3 Å². The van der Waals surface area contributed by atoms with Gasteiger partial charge in [0.1, 0.15) is 21.8 Å². The van der Waals surface area contributed by atoms with Crippen LogP contribution in [0.2, 0.25) is 5.02 Å². The Morgan fingerprint density at radius 1 is 1.09 bits per heavy atom. The minimum absolute atomic E-state index is 0.0542. The standard InChI is InChI=1S/C29H29ClF3N7O3S/c1-2-40-27(43)24(44-28(40)21(15-34)26(42)36-18-29(31,32)33)16-35-19-6-5-7-20(14-19)37-25(41)17-38-10-12-39(13-11-38)23-9-4-3-8-22(23)30/h3-9,14,16,35H,2,10-13,17-18H2,1H3,(H,36,42)(H,37,41)/b24-16+,28-21-. The molecule has 1 fully saturated rings. The molecule has 1 aliphatic heterocycles. The maximum atomic E-state index is 12.9. The summed E-state index contributed by atoms with van der Waals surface area (Å²) in [6, 6.07) is 16.1. The number of anilines is 3. The van der Waals surface area contributed by atoms with Gasteiger partial charge in [0.2, 0.25) is 5.91 Å². The average Bonchev–Trinajstić information content (AvgIpc) is 3.30. The Morgan fingerprint density at radius 3 is 2.45 bits per heavy atom. The highest BCUT2D eigenvalue weighted by atomic mass is 35.5. The Labute approximate surface area is 259 Å². The highest BCUT2D eigenvalue weighted by molar-refractivity contribution is 7.07. The average molecular weight is 648 g/mol. The number of aromatic nitrogens is 1. The summed E-state index contributed by atoms with van der Waals surface area (Å²) in [5.74, 6) is -1.41. The van der Waals surface area contributed by atoms with Crippen molar-refractivity contribution in [1.29, 1.82) is 5.26 Å². The molecular weight excluding hydrogens is 619 g/mol. The van der Waals surface area contributed by atoms with Crippen molar-refractivity contribution in [3.63, 3.8) is 0 Å². The number of alkyl halides is 3. The second kappa shape index (κ2) is 14.4. The zero-order valence-corrected chi connectivity index (χ0v) is 25.2. The molecule has 1 aliphatic rings. The van der Waals surface area contributed by atoms with Crippen molar-refractivity contribution in [2.45, 2.75) is 19.6 Å². The number of carbonyl (C=O) groups excluding carboxylic acids is 2. The molecule has 3 N–H and O–H groups in total. The van der Waals surface area contributed by atoms with Gasteiger partial charge >= 0.3 is 6.18 Å². The molecule has 1 saturated heterocycles. The number of thiazole rings is 1. The van der Waals surface area contributed by atoms with Crippen LogP contribution >= 0.6 is 22.9 Å². The lowest BCUT2D eigenvalue weighted by Gasteiger charge is -2.36. The van der Waals surface area contributed by atoms with Gasteiger partial charge in [0.25, 0.3) is 11.5 Å². The van der Waals surface area contributed by atoms with Crippen LogP contribution in [-0.2, 0) is 16.1 Å². The number of carbonyl (C=O) groups is 2. The van der Waals surface area contributed by atoms with Crippen molar-refractivity contribution in [3.05, 3.63) is 73.1 Å². The van der Waals surface area contributed by atoms with E-state index in [4.69, 9.17) is 11.6 Å². The predicted octanol–water partition coefficient (Wildman–Crippen LogP) is 2.55. The maximum absolute atomic E-state index is 12.9. The Kier molecular flexibility index (Phi) is 10.7. The van der Waals surface area contributed by atoms with E-state index in [1.165, 1.54) is 6.20 Å². The molecule has 2 amide bonds. The Morgan fingerprint density at radius 2 is 1.80 bits per heavy atom. The number of amides is 2. The van der Waals surface area contributed by atoms with E-state index in [9.17, 15) is 32.8 Å². The van der Waals surface area contributed by atoms with E-state index in [0.29, 0.717) is 29.5 Å². The molecule has 0 unspecified atom stereocenters. The van der Waals surface area contributed by atoms with Crippen LogP contribution in [0.5, 0.6) is 0 Å². The van der Waals surface area contributed by atoms with E-state index in [0.717, 1.165) is 34.7 Å². The van der Waals surface area contributed by atoms with E-state index >= 15 is 0 Å². The van der Waals surface area contributed by atoms with Gasteiger partial charge in [-0.2, -0.15) is 18.4 Å². The molecule has 0 radical (unpaired) electrons. The van der Waals surface area contributed by atoms with Crippen LogP contribution in [0.15, 0.2) is 53.3 Å². The summed E-state index contributed by atoms with van der Waals surface area (Å²) in [6.45, 7) is 3.18. The van der Waals surface area contributed by atoms with Gasteiger partial charge in [0.05, 0.1) is 17.3 Å². The number of halogens is 4. The first kappa shape index (κ1) is 32.6. The van der Waals surface area contributed by atoms with Crippen molar-refractivity contribution in [2.75, 3.05) is 54.8 Å². The number of piperazine rings is 1. The monoisotopic (exact) mass is 647 g/mol. The number of nitrogens with zero attached hydrogens (tertiary/aromatic N) is 4. The van der Waals surface area contributed by atoms with Crippen molar-refractivity contribution < 1.29 is 22.8 Å². The number of nitriles is 1. The van der Waals surface area contributed by atoms with Gasteiger partial charge in [-0.05, 0) is 37.3 Å². The third-order valence-corrected chi connectivity index (χ3v) is 8.12. The quantitative estimate of drug-likeness (QED) is 0.326. The van der Waals surface area contributed by atoms with Gasteiger partial charge in [-0.1, -0.05) is 29.8 Å². The number of hydrogen-bond donors (Lipinski definition) is 3. The van der Waals surface area contributed by atoms with Crippen LogP contribution in [0.3, 0.4) is 0 Å². The Hall–Kier alpha value is -4.32. The molecule has 2 aromatic carbocycles. The fourth-order valence-corrected chi connectivity index (χ4v) is 5.89. The molecular formula is C29H29ClF3N7O3S. The van der Waals surface area contributed by atoms with Gasteiger partial charge in [0.15, 0.2) is 5.57 Å². The summed E-state index contributed by atoms with van der Waals surface area (Å²) in [7, 11) is 0. The molecule has 0 saturated carbocycles. The molecule has 232 valence electrons. The van der Waals surface area contributed by atoms with Crippen molar-refractivity contribution in [2.24, 2.45) is 0 Å². The number of nitrogens with one attached hydrogen (secondary N) is 3. The molecule has 10 nitrogen and oxygen atoms in total. The SMILES string of the molecule is CCn1c(=O)/c(=C\Nc2cccc(NC(=O)CN3CCN(c4ccccc4Cl)CC3)c2)s/c1=C(/C#N)C(=O)NCC(F)(F)F. The van der Waals surface area contributed by atoms with Crippen LogP contribution < -0.4 is 35.6 Å². The van der Waals surface area contributed by atoms with Crippen LogP contribution in [-0.4, -0.2) is 66.7 Å². The predicted molar refractivity (Wildman–Crippen MR) is 165 cm³/mol. The third-order valence-electron chi connectivity index (χ3n) is 6.67. The molecule has 1 aromatic heterocycles. The molecule has 0 atom stereocenters. The second-order valence-electron chi connectivity index (χ2n) is 9.74. The summed E-state index contributed by atoms with van der Waals surface area (Å²) in [5, 5.41) is 17.7. The molecule has 0 bridgehead atoms. The zero-order chi connectivity index (χ0) is 31.9. The summed E-state index contributed by atoms with van der Waals surface area (Å²) in [4.78, 5) is 42.2. The van der Waals surface area contributed by atoms with E-state index in [1.807, 2.05) is 24.3 Å². The summed E-state index contributed by atoms with van der Waals surface area (Å²) >= 11 is 7.12. The van der Waals surface area contributed by atoms with Gasteiger partial charge in [-0.15, -0.1) is 11.3 Å². The number of para-hydroxylation sites is 1. The first-order chi connectivity index (χ1) is 21.0. The summed E-state index contributed by atoms with van der Waals surface area (Å²) in [6.07, 6.45) is -3.27. The lowest BCUT2D eigenvalue weighted by atomic mass is 10.2.